The molecule has 1 amide bonds. The summed E-state index contributed by atoms with van der Waals surface area (Å²) < 4.78 is 38.6. The molecule has 106 valence electrons. The van der Waals surface area contributed by atoms with Crippen LogP contribution in [0, 0.1) is 5.92 Å². The highest BCUT2D eigenvalue weighted by Crippen LogP contribution is 2.36. The van der Waals surface area contributed by atoms with Crippen LogP contribution >= 0.6 is 0 Å². The van der Waals surface area contributed by atoms with Gasteiger partial charge in [-0.1, -0.05) is 13.8 Å². The van der Waals surface area contributed by atoms with Crippen LogP contribution in [0.1, 0.15) is 20.3 Å². The average Bonchev–Trinajstić information content (AvgIpc) is 2.27. The Hall–Kier alpha value is -1.70. The first-order valence-electron chi connectivity index (χ1n) is 5.53. The number of alkyl halides is 3. The number of nitrogens with one attached hydrogen (secondary N) is 1. The van der Waals surface area contributed by atoms with E-state index in [4.69, 9.17) is 0 Å². The molecule has 1 unspecified atom stereocenters. The minimum atomic E-state index is -5.06. The van der Waals surface area contributed by atoms with Crippen molar-refractivity contribution in [3.05, 3.63) is 18.6 Å². The van der Waals surface area contributed by atoms with Gasteiger partial charge in [0.15, 0.2) is 0 Å². The van der Waals surface area contributed by atoms with Crippen molar-refractivity contribution >= 4 is 11.7 Å². The van der Waals surface area contributed by atoms with Crippen LogP contribution in [-0.4, -0.2) is 32.8 Å². The van der Waals surface area contributed by atoms with Gasteiger partial charge in [0.2, 0.25) is 5.60 Å². The van der Waals surface area contributed by atoms with Crippen LogP contribution in [0.3, 0.4) is 0 Å². The molecule has 19 heavy (non-hydrogen) atoms. The lowest BCUT2D eigenvalue weighted by molar-refractivity contribution is -0.253. The van der Waals surface area contributed by atoms with Crippen LogP contribution in [0.15, 0.2) is 18.6 Å². The third kappa shape index (κ3) is 3.63. The first kappa shape index (κ1) is 15.4. The first-order valence-corrected chi connectivity index (χ1v) is 5.53. The molecule has 0 aliphatic rings. The van der Waals surface area contributed by atoms with E-state index in [-0.39, 0.29) is 5.82 Å². The van der Waals surface area contributed by atoms with Crippen molar-refractivity contribution in [2.45, 2.75) is 32.0 Å². The van der Waals surface area contributed by atoms with Crippen LogP contribution in [0.4, 0.5) is 19.0 Å². The molecular weight excluding hydrogens is 263 g/mol. The number of aliphatic hydroxyl groups is 1. The summed E-state index contributed by atoms with van der Waals surface area (Å²) in [5, 5.41) is 11.6. The van der Waals surface area contributed by atoms with Gasteiger partial charge in [-0.25, -0.2) is 9.97 Å². The van der Waals surface area contributed by atoms with E-state index in [0.29, 0.717) is 0 Å². The van der Waals surface area contributed by atoms with Gasteiger partial charge in [-0.3, -0.25) is 4.79 Å². The van der Waals surface area contributed by atoms with Gasteiger partial charge in [0.1, 0.15) is 12.1 Å². The van der Waals surface area contributed by atoms with E-state index < -0.39 is 30.0 Å². The Kier molecular flexibility index (Phi) is 4.46. The van der Waals surface area contributed by atoms with Gasteiger partial charge in [-0.2, -0.15) is 13.2 Å². The van der Waals surface area contributed by atoms with E-state index in [9.17, 15) is 23.1 Å². The minimum absolute atomic E-state index is 0.105. The summed E-state index contributed by atoms with van der Waals surface area (Å²) >= 11 is 0. The maximum atomic E-state index is 12.9. The van der Waals surface area contributed by atoms with E-state index in [2.05, 4.69) is 9.97 Å². The maximum Gasteiger partial charge on any atom is 0.426 e. The molecule has 0 aliphatic carbocycles. The normalized spacial score (nSPS) is 15.1. The predicted molar refractivity (Wildman–Crippen MR) is 61.1 cm³/mol. The van der Waals surface area contributed by atoms with Gasteiger partial charge in [0.25, 0.3) is 5.91 Å². The number of hydrogen-bond donors (Lipinski definition) is 2. The zero-order valence-electron chi connectivity index (χ0n) is 10.4. The van der Waals surface area contributed by atoms with Crippen molar-refractivity contribution in [2.24, 2.45) is 5.92 Å². The highest BCUT2D eigenvalue weighted by atomic mass is 19.4. The number of nitrogens with zero attached hydrogens (tertiary/aromatic N) is 2. The van der Waals surface area contributed by atoms with Gasteiger partial charge in [0.05, 0.1) is 0 Å². The highest BCUT2D eigenvalue weighted by molar-refractivity contribution is 5.97. The summed E-state index contributed by atoms with van der Waals surface area (Å²) in [6.07, 6.45) is -3.45. The van der Waals surface area contributed by atoms with Crippen LogP contribution in [0.2, 0.25) is 0 Å². The van der Waals surface area contributed by atoms with Crippen molar-refractivity contribution in [1.29, 1.82) is 0 Å². The predicted octanol–water partition coefficient (Wildman–Crippen LogP) is 1.75. The lowest BCUT2D eigenvalue weighted by atomic mass is 9.91. The van der Waals surface area contributed by atoms with Gasteiger partial charge in [0, 0.05) is 6.20 Å². The molecule has 1 atom stereocenters. The fourth-order valence-corrected chi connectivity index (χ4v) is 1.51. The highest BCUT2D eigenvalue weighted by Gasteiger charge is 2.59. The van der Waals surface area contributed by atoms with Gasteiger partial charge < -0.3 is 10.4 Å². The van der Waals surface area contributed by atoms with Gasteiger partial charge in [-0.15, -0.1) is 0 Å². The van der Waals surface area contributed by atoms with Crippen molar-refractivity contribution in [2.75, 3.05) is 5.32 Å². The van der Waals surface area contributed by atoms with Crippen molar-refractivity contribution in [3.63, 3.8) is 0 Å². The first-order chi connectivity index (χ1) is 8.67. The average molecular weight is 277 g/mol. The molecule has 0 fully saturated rings. The maximum absolute atomic E-state index is 12.9. The molecule has 0 radical (unpaired) electrons. The van der Waals surface area contributed by atoms with E-state index in [1.54, 1.807) is 0 Å². The Bertz CT molecular complexity index is 437. The molecule has 8 heteroatoms. The van der Waals surface area contributed by atoms with E-state index in [1.165, 1.54) is 26.1 Å². The minimum Gasteiger partial charge on any atom is -0.373 e. The second-order valence-corrected chi connectivity index (χ2v) is 4.50. The summed E-state index contributed by atoms with van der Waals surface area (Å²) in [7, 11) is 0. The SMILES string of the molecule is CC(C)CC(O)(C(=O)Nc1ccncn1)C(F)(F)F. The molecule has 0 bridgehead atoms. The fraction of sp³-hybridized carbons (Fsp3) is 0.545. The summed E-state index contributed by atoms with van der Waals surface area (Å²) in [5.74, 6) is -2.17. The molecule has 1 aromatic rings. The summed E-state index contributed by atoms with van der Waals surface area (Å²) in [6.45, 7) is 2.96. The summed E-state index contributed by atoms with van der Waals surface area (Å²) in [4.78, 5) is 18.8. The molecule has 2 N–H and O–H groups in total. The summed E-state index contributed by atoms with van der Waals surface area (Å²) in [6, 6.07) is 1.23. The number of aromatic nitrogens is 2. The van der Waals surface area contributed by atoms with Crippen LogP contribution in [-0.2, 0) is 4.79 Å². The number of halogens is 3. The lowest BCUT2D eigenvalue weighted by Gasteiger charge is -2.30. The standard InChI is InChI=1S/C11H14F3N3O2/c1-7(2)5-10(19,11(12,13)14)9(18)17-8-3-4-15-6-16-8/h3-4,6-7,19H,5H2,1-2H3,(H,15,16,17,18). The van der Waals surface area contributed by atoms with E-state index in [1.807, 2.05) is 5.32 Å². The molecule has 0 saturated carbocycles. The zero-order chi connectivity index (χ0) is 14.7. The van der Waals surface area contributed by atoms with Crippen molar-refractivity contribution < 1.29 is 23.1 Å². The lowest BCUT2D eigenvalue weighted by Crippen LogP contribution is -2.55. The largest absolute Gasteiger partial charge is 0.426 e. The number of rotatable bonds is 4. The number of amides is 1. The smallest absolute Gasteiger partial charge is 0.373 e. The monoisotopic (exact) mass is 277 g/mol. The fourth-order valence-electron chi connectivity index (χ4n) is 1.51. The molecule has 0 saturated heterocycles. The van der Waals surface area contributed by atoms with Crippen LogP contribution in [0.5, 0.6) is 0 Å². The number of carbonyl (C=O) groups excluding carboxylic acids is 1. The Balaban J connectivity index is 2.96. The van der Waals surface area contributed by atoms with Crippen LogP contribution < -0.4 is 5.32 Å². The molecule has 0 aliphatic heterocycles. The molecule has 0 aromatic carbocycles. The Morgan fingerprint density at radius 1 is 1.47 bits per heavy atom. The number of carbonyl (C=O) groups is 1. The Morgan fingerprint density at radius 3 is 2.53 bits per heavy atom. The third-order valence-electron chi connectivity index (χ3n) is 2.37. The third-order valence-corrected chi connectivity index (χ3v) is 2.37. The van der Waals surface area contributed by atoms with E-state index >= 15 is 0 Å². The zero-order valence-corrected chi connectivity index (χ0v) is 10.4. The quantitative estimate of drug-likeness (QED) is 0.879. The Morgan fingerprint density at radius 2 is 2.11 bits per heavy atom. The summed E-state index contributed by atoms with van der Waals surface area (Å²) in [5.41, 5.74) is -3.44. The van der Waals surface area contributed by atoms with E-state index in [0.717, 1.165) is 6.33 Å². The number of anilines is 1. The van der Waals surface area contributed by atoms with Crippen molar-refractivity contribution in [1.82, 2.24) is 9.97 Å². The van der Waals surface area contributed by atoms with Crippen molar-refractivity contribution in [3.8, 4) is 0 Å². The molecule has 1 aromatic heterocycles. The topological polar surface area (TPSA) is 75.1 Å². The van der Waals surface area contributed by atoms with Gasteiger partial charge in [-0.05, 0) is 18.4 Å². The molecule has 1 heterocycles. The molecular formula is C11H14F3N3O2. The van der Waals surface area contributed by atoms with Crippen LogP contribution in [0.25, 0.3) is 0 Å². The Labute approximate surface area is 107 Å². The molecule has 0 spiro atoms. The van der Waals surface area contributed by atoms with Gasteiger partial charge >= 0.3 is 6.18 Å². The molecule has 1 rings (SSSR count). The second kappa shape index (κ2) is 5.52. The number of hydrogen-bond acceptors (Lipinski definition) is 4. The second-order valence-electron chi connectivity index (χ2n) is 4.50. The molecule has 5 nitrogen and oxygen atoms in total.